The summed E-state index contributed by atoms with van der Waals surface area (Å²) in [5, 5.41) is 36.0. The Morgan fingerprint density at radius 1 is 0.945 bits per heavy atom. The van der Waals surface area contributed by atoms with Gasteiger partial charge in [0.25, 0.3) is 0 Å². The standard InChI is InChI=1S/C40H62N5O9P/c1-3-4-5-6-7-8-9-10-11-12-13-14-15-19-24-50-31(2)25-33(51-26-32-20-17-16-18-21-32)27-52-55(48,49)53-28-35-37(46)38(47)40(29-41,54-35)36-23-22-34-39(42)43-30-44-45(34)36/h16-18,20-23,30-31,33,35,37-38,46-47H,3-15,19,24-28H2,1-2H3,(H,48,49)(H2,42,43,44)/t31?,33-,35-,37-,38-,40+/m1/s1. The SMILES string of the molecule is CCCCCCCCCCCCCCCCOC(C)C[C@H](COP(=O)(O)OC[C@H]1O[C@@](C#N)(c2ccc3c(N)ncnn23)[C@H](O)[C@@H]1O)OCc1ccccc1. The predicted molar refractivity (Wildman–Crippen MR) is 209 cm³/mol. The number of ether oxygens (including phenoxy) is 3. The van der Waals surface area contributed by atoms with Crippen LogP contribution in [0, 0.1) is 11.3 Å². The molecule has 306 valence electrons. The molecule has 1 aliphatic rings. The molecule has 2 unspecified atom stereocenters. The maximum Gasteiger partial charge on any atom is 0.472 e. The van der Waals surface area contributed by atoms with Crippen molar-refractivity contribution in [3.05, 3.63) is 60.0 Å². The van der Waals surface area contributed by atoms with E-state index in [0.717, 1.165) is 18.4 Å². The fraction of sp³-hybridized carbons (Fsp3) is 0.675. The number of phosphoric ester groups is 1. The smallest absolute Gasteiger partial charge is 0.387 e. The molecule has 0 saturated carbocycles. The summed E-state index contributed by atoms with van der Waals surface area (Å²) in [5.41, 5.74) is 5.22. The summed E-state index contributed by atoms with van der Waals surface area (Å²) in [7, 11) is -4.71. The topological polar surface area (TPSA) is 204 Å². The Labute approximate surface area is 325 Å². The first kappa shape index (κ1) is 44.8. The van der Waals surface area contributed by atoms with Crippen molar-refractivity contribution in [2.45, 2.75) is 153 Å². The second-order valence-corrected chi connectivity index (χ2v) is 16.0. The molecule has 0 aliphatic carbocycles. The molecule has 0 spiro atoms. The predicted octanol–water partition coefficient (Wildman–Crippen LogP) is 7.15. The van der Waals surface area contributed by atoms with Crippen LogP contribution in [0.25, 0.3) is 5.52 Å². The lowest BCUT2D eigenvalue weighted by Gasteiger charge is -2.24. The van der Waals surface area contributed by atoms with Gasteiger partial charge in [-0.3, -0.25) is 9.05 Å². The van der Waals surface area contributed by atoms with E-state index in [1.54, 1.807) is 6.07 Å². The van der Waals surface area contributed by atoms with Crippen molar-refractivity contribution in [1.82, 2.24) is 14.6 Å². The molecule has 7 atom stereocenters. The van der Waals surface area contributed by atoms with Gasteiger partial charge in [-0.1, -0.05) is 121 Å². The van der Waals surface area contributed by atoms with Crippen LogP contribution >= 0.6 is 7.82 Å². The first-order valence-electron chi connectivity index (χ1n) is 20.0. The average molecular weight is 788 g/mol. The molecule has 1 saturated heterocycles. The molecule has 3 aromatic rings. The number of unbranched alkanes of at least 4 members (excludes halogenated alkanes) is 13. The number of fused-ring (bicyclic) bond motifs is 1. The number of phosphoric acid groups is 1. The highest BCUT2D eigenvalue weighted by molar-refractivity contribution is 7.47. The Bertz CT molecular complexity index is 1630. The van der Waals surface area contributed by atoms with Crippen molar-refractivity contribution < 1.29 is 42.9 Å². The number of rotatable bonds is 28. The van der Waals surface area contributed by atoms with Gasteiger partial charge in [-0.15, -0.1) is 0 Å². The van der Waals surface area contributed by atoms with E-state index in [9.17, 15) is 24.9 Å². The number of aliphatic hydroxyl groups is 2. The number of anilines is 1. The molecule has 14 nitrogen and oxygen atoms in total. The number of aliphatic hydroxyl groups excluding tert-OH is 2. The molecule has 3 heterocycles. The van der Waals surface area contributed by atoms with Crippen molar-refractivity contribution in [3.8, 4) is 6.07 Å². The third kappa shape index (κ3) is 13.9. The van der Waals surface area contributed by atoms with Crippen molar-refractivity contribution >= 4 is 19.2 Å². The Balaban J connectivity index is 1.19. The molecular weight excluding hydrogens is 725 g/mol. The molecule has 15 heteroatoms. The number of aromatic nitrogens is 3. The van der Waals surface area contributed by atoms with E-state index >= 15 is 0 Å². The molecule has 5 N–H and O–H groups in total. The highest BCUT2D eigenvalue weighted by Gasteiger charge is 2.58. The quantitative estimate of drug-likeness (QED) is 0.0427. The number of benzene rings is 1. The van der Waals surface area contributed by atoms with Gasteiger partial charge < -0.3 is 35.1 Å². The van der Waals surface area contributed by atoms with Crippen LogP contribution in [0.15, 0.2) is 48.8 Å². The molecule has 4 rings (SSSR count). The molecule has 0 amide bonds. The lowest BCUT2D eigenvalue weighted by atomic mass is 9.92. The maximum atomic E-state index is 13.0. The minimum Gasteiger partial charge on any atom is -0.387 e. The second-order valence-electron chi connectivity index (χ2n) is 14.6. The van der Waals surface area contributed by atoms with Crippen LogP contribution < -0.4 is 5.73 Å². The maximum absolute atomic E-state index is 13.0. The van der Waals surface area contributed by atoms with Crippen molar-refractivity contribution in [3.63, 3.8) is 0 Å². The van der Waals surface area contributed by atoms with Crippen LogP contribution in [0.5, 0.6) is 0 Å². The highest BCUT2D eigenvalue weighted by atomic mass is 31.2. The van der Waals surface area contributed by atoms with E-state index in [4.69, 9.17) is 29.0 Å². The van der Waals surface area contributed by atoms with Gasteiger partial charge in [-0.25, -0.2) is 14.1 Å². The zero-order chi connectivity index (χ0) is 39.5. The Kier molecular flexibility index (Phi) is 19.0. The normalized spacial score (nSPS) is 22.1. The lowest BCUT2D eigenvalue weighted by Crippen LogP contribution is -2.41. The first-order chi connectivity index (χ1) is 26.6. The van der Waals surface area contributed by atoms with Gasteiger partial charge in [-0.05, 0) is 31.0 Å². The number of hydrogen-bond donors (Lipinski definition) is 4. The summed E-state index contributed by atoms with van der Waals surface area (Å²) < 4.78 is 43.0. The van der Waals surface area contributed by atoms with Gasteiger partial charge in [0.2, 0.25) is 5.60 Å². The third-order valence-corrected chi connectivity index (χ3v) is 11.1. The van der Waals surface area contributed by atoms with E-state index in [-0.39, 0.29) is 30.8 Å². The van der Waals surface area contributed by atoms with Crippen LogP contribution in [0.3, 0.4) is 0 Å². The zero-order valence-corrected chi connectivity index (χ0v) is 33.4. The molecule has 0 radical (unpaired) electrons. The number of nitrogen functional groups attached to an aromatic ring is 1. The van der Waals surface area contributed by atoms with E-state index in [1.165, 1.54) is 94.0 Å². The molecule has 1 aromatic carbocycles. The second kappa shape index (κ2) is 23.3. The summed E-state index contributed by atoms with van der Waals surface area (Å²) in [4.78, 5) is 14.5. The van der Waals surface area contributed by atoms with Gasteiger partial charge in [0, 0.05) is 13.0 Å². The minimum atomic E-state index is -4.71. The molecule has 55 heavy (non-hydrogen) atoms. The first-order valence-corrected chi connectivity index (χ1v) is 21.5. The van der Waals surface area contributed by atoms with Gasteiger partial charge in [-0.2, -0.15) is 10.4 Å². The van der Waals surface area contributed by atoms with Gasteiger partial charge in [0.15, 0.2) is 5.82 Å². The fourth-order valence-electron chi connectivity index (χ4n) is 6.92. The molecular formula is C40H62N5O9P. The minimum absolute atomic E-state index is 0.0932. The van der Waals surface area contributed by atoms with E-state index in [1.807, 2.05) is 43.3 Å². The van der Waals surface area contributed by atoms with E-state index in [2.05, 4.69) is 17.0 Å². The zero-order valence-electron chi connectivity index (χ0n) is 32.5. The fourth-order valence-corrected chi connectivity index (χ4v) is 7.69. The van der Waals surface area contributed by atoms with E-state index in [0.29, 0.717) is 18.5 Å². The van der Waals surface area contributed by atoms with Crippen molar-refractivity contribution in [1.29, 1.82) is 5.26 Å². The Hall–Kier alpha value is -2.96. The molecule has 0 bridgehead atoms. The van der Waals surface area contributed by atoms with Crippen LogP contribution in [-0.2, 0) is 40.0 Å². The number of nitrogens with two attached hydrogens (primary N) is 1. The third-order valence-electron chi connectivity index (χ3n) is 10.1. The van der Waals surface area contributed by atoms with Gasteiger partial charge >= 0.3 is 7.82 Å². The summed E-state index contributed by atoms with van der Waals surface area (Å²) in [6, 6.07) is 14.5. The summed E-state index contributed by atoms with van der Waals surface area (Å²) in [6.45, 7) is 4.14. The van der Waals surface area contributed by atoms with Crippen LogP contribution in [0.1, 0.15) is 121 Å². The largest absolute Gasteiger partial charge is 0.472 e. The monoisotopic (exact) mass is 787 g/mol. The molecule has 1 aliphatic heterocycles. The van der Waals surface area contributed by atoms with Crippen LogP contribution in [0.4, 0.5) is 5.82 Å². The van der Waals surface area contributed by atoms with Crippen LogP contribution in [-0.4, -0.2) is 80.0 Å². The Morgan fingerprint density at radius 2 is 1.58 bits per heavy atom. The molecule has 1 fully saturated rings. The van der Waals surface area contributed by atoms with E-state index < -0.39 is 44.4 Å². The van der Waals surface area contributed by atoms with Crippen molar-refractivity contribution in [2.24, 2.45) is 0 Å². The highest BCUT2D eigenvalue weighted by Crippen LogP contribution is 2.46. The average Bonchev–Trinajstić information content (AvgIpc) is 3.73. The lowest BCUT2D eigenvalue weighted by molar-refractivity contribution is -0.0673. The number of nitriles is 1. The van der Waals surface area contributed by atoms with Gasteiger partial charge in [0.1, 0.15) is 36.2 Å². The molecule has 2 aromatic heterocycles. The number of nitrogens with zero attached hydrogens (tertiary/aromatic N) is 4. The van der Waals surface area contributed by atoms with Crippen molar-refractivity contribution in [2.75, 3.05) is 25.6 Å². The number of hydrogen-bond acceptors (Lipinski definition) is 12. The summed E-state index contributed by atoms with van der Waals surface area (Å²) in [6.07, 6.45) is 14.1. The Morgan fingerprint density at radius 3 is 2.22 bits per heavy atom. The summed E-state index contributed by atoms with van der Waals surface area (Å²) >= 11 is 0. The van der Waals surface area contributed by atoms with Crippen LogP contribution in [0.2, 0.25) is 0 Å². The van der Waals surface area contributed by atoms with Gasteiger partial charge in [0.05, 0.1) is 37.7 Å². The summed E-state index contributed by atoms with van der Waals surface area (Å²) in [5.74, 6) is 0.137.